The highest BCUT2D eigenvalue weighted by molar-refractivity contribution is 7.16. The monoisotopic (exact) mass is 321 g/mol. The third-order valence-corrected chi connectivity index (χ3v) is 4.50. The third-order valence-electron chi connectivity index (χ3n) is 3.20. The lowest BCUT2D eigenvalue weighted by molar-refractivity contribution is 0.447. The van der Waals surface area contributed by atoms with Crippen LogP contribution >= 0.6 is 22.9 Å². The number of hydrogen-bond donors (Lipinski definition) is 2. The lowest BCUT2D eigenvalue weighted by Crippen LogP contribution is -2.22. The summed E-state index contributed by atoms with van der Waals surface area (Å²) in [4.78, 5) is 8.50. The maximum Gasteiger partial charge on any atom is 0.126 e. The third kappa shape index (κ3) is 3.75. The number of nitrogens with one attached hydrogen (secondary N) is 2. The van der Waals surface area contributed by atoms with E-state index in [0.29, 0.717) is 0 Å². The number of rotatable bonds is 7. The summed E-state index contributed by atoms with van der Waals surface area (Å²) in [6, 6.07) is 7.90. The van der Waals surface area contributed by atoms with Gasteiger partial charge in [-0.1, -0.05) is 11.6 Å². The number of hydrogen-bond acceptors (Lipinski definition) is 4. The average molecular weight is 322 g/mol. The Labute approximate surface area is 132 Å². The van der Waals surface area contributed by atoms with Crippen molar-refractivity contribution in [3.05, 3.63) is 63.7 Å². The van der Waals surface area contributed by atoms with Crippen molar-refractivity contribution >= 4 is 22.9 Å². The quantitative estimate of drug-likeness (QED) is 0.646. The molecule has 0 amide bonds. The molecule has 3 heterocycles. The number of aromatic nitrogens is 2. The Kier molecular flexibility index (Phi) is 4.75. The van der Waals surface area contributed by atoms with E-state index in [1.807, 2.05) is 30.5 Å². The highest BCUT2D eigenvalue weighted by atomic mass is 35.5. The topological polar surface area (TPSA) is 53.9 Å². The molecule has 4 nitrogen and oxygen atoms in total. The van der Waals surface area contributed by atoms with Crippen molar-refractivity contribution in [1.82, 2.24) is 15.3 Å². The maximum atomic E-state index is 6.04. The van der Waals surface area contributed by atoms with E-state index in [1.54, 1.807) is 23.8 Å². The molecule has 0 saturated heterocycles. The average Bonchev–Trinajstić information content (AvgIpc) is 3.20. The maximum absolute atomic E-state index is 6.04. The first-order valence-corrected chi connectivity index (χ1v) is 8.02. The Hall–Kier alpha value is -1.56. The van der Waals surface area contributed by atoms with Gasteiger partial charge in [-0.15, -0.1) is 11.3 Å². The molecule has 3 rings (SSSR count). The van der Waals surface area contributed by atoms with Crippen molar-refractivity contribution in [3.8, 4) is 0 Å². The van der Waals surface area contributed by atoms with E-state index in [0.717, 1.165) is 40.2 Å². The summed E-state index contributed by atoms with van der Waals surface area (Å²) in [7, 11) is 0. The number of aryl methyl sites for hydroxylation is 1. The zero-order chi connectivity index (χ0) is 14.5. The van der Waals surface area contributed by atoms with Crippen molar-refractivity contribution in [2.75, 3.05) is 6.54 Å². The predicted octanol–water partition coefficient (Wildman–Crippen LogP) is 4.03. The van der Waals surface area contributed by atoms with Gasteiger partial charge in [0.25, 0.3) is 0 Å². The number of halogens is 1. The van der Waals surface area contributed by atoms with Crippen LogP contribution in [0.5, 0.6) is 0 Å². The second kappa shape index (κ2) is 6.93. The molecule has 0 aliphatic heterocycles. The molecule has 0 fully saturated rings. The molecule has 0 saturated carbocycles. The number of H-pyrrole nitrogens is 1. The number of furan rings is 1. The van der Waals surface area contributed by atoms with Gasteiger partial charge in [0.2, 0.25) is 0 Å². The second-order valence-corrected chi connectivity index (χ2v) is 6.43. The van der Waals surface area contributed by atoms with Gasteiger partial charge in [0.1, 0.15) is 17.6 Å². The van der Waals surface area contributed by atoms with Gasteiger partial charge >= 0.3 is 0 Å². The fourth-order valence-corrected chi connectivity index (χ4v) is 3.36. The van der Waals surface area contributed by atoms with Crippen LogP contribution in [-0.2, 0) is 6.42 Å². The summed E-state index contributed by atoms with van der Waals surface area (Å²) in [5.41, 5.74) is 0. The smallest absolute Gasteiger partial charge is 0.126 e. The van der Waals surface area contributed by atoms with E-state index < -0.39 is 0 Å². The van der Waals surface area contributed by atoms with Gasteiger partial charge in [0.15, 0.2) is 0 Å². The molecule has 0 aliphatic rings. The standard InChI is InChI=1S/C15H16ClN3OS/c16-13-6-5-12(21-13)15(11-3-2-10-20-11)19-7-1-4-14-17-8-9-18-14/h2-3,5-6,8-10,15,19H,1,4,7H2,(H,17,18). The largest absolute Gasteiger partial charge is 0.467 e. The van der Waals surface area contributed by atoms with Gasteiger partial charge in [0, 0.05) is 23.7 Å². The van der Waals surface area contributed by atoms with Crippen molar-refractivity contribution in [3.63, 3.8) is 0 Å². The Balaban J connectivity index is 1.60. The van der Waals surface area contributed by atoms with Crippen LogP contribution in [0.15, 0.2) is 47.3 Å². The zero-order valence-electron chi connectivity index (χ0n) is 11.4. The minimum Gasteiger partial charge on any atom is -0.467 e. The van der Waals surface area contributed by atoms with Gasteiger partial charge in [-0.25, -0.2) is 4.98 Å². The van der Waals surface area contributed by atoms with Crippen molar-refractivity contribution in [1.29, 1.82) is 0 Å². The summed E-state index contributed by atoms with van der Waals surface area (Å²) < 4.78 is 6.34. The SMILES string of the molecule is Clc1ccc(C(NCCCc2ncc[nH]2)c2ccco2)s1. The number of imidazole rings is 1. The van der Waals surface area contributed by atoms with Gasteiger partial charge in [-0.05, 0) is 37.2 Å². The first kappa shape index (κ1) is 14.4. The molecule has 0 radical (unpaired) electrons. The summed E-state index contributed by atoms with van der Waals surface area (Å²) >= 11 is 7.62. The molecule has 0 spiro atoms. The Morgan fingerprint density at radius 3 is 3.00 bits per heavy atom. The molecule has 6 heteroatoms. The lowest BCUT2D eigenvalue weighted by atomic mass is 10.1. The zero-order valence-corrected chi connectivity index (χ0v) is 13.0. The highest BCUT2D eigenvalue weighted by Gasteiger charge is 2.18. The fraction of sp³-hybridized carbons (Fsp3) is 0.267. The molecule has 110 valence electrons. The first-order valence-electron chi connectivity index (χ1n) is 6.83. The molecule has 1 atom stereocenters. The van der Waals surface area contributed by atoms with E-state index >= 15 is 0 Å². The Morgan fingerprint density at radius 2 is 2.33 bits per heavy atom. The lowest BCUT2D eigenvalue weighted by Gasteiger charge is -2.15. The van der Waals surface area contributed by atoms with Crippen LogP contribution in [0.25, 0.3) is 0 Å². The van der Waals surface area contributed by atoms with Crippen LogP contribution in [0.3, 0.4) is 0 Å². The molecule has 0 aromatic carbocycles. The summed E-state index contributed by atoms with van der Waals surface area (Å²) in [6.45, 7) is 0.877. The Bertz CT molecular complexity index is 648. The van der Waals surface area contributed by atoms with Crippen molar-refractivity contribution in [2.45, 2.75) is 18.9 Å². The van der Waals surface area contributed by atoms with Gasteiger partial charge in [0.05, 0.1) is 10.6 Å². The van der Waals surface area contributed by atoms with Gasteiger partial charge in [-0.3, -0.25) is 0 Å². The minimum absolute atomic E-state index is 0.0501. The van der Waals surface area contributed by atoms with E-state index in [4.69, 9.17) is 16.0 Å². The minimum atomic E-state index is 0.0501. The van der Waals surface area contributed by atoms with Crippen molar-refractivity contribution < 1.29 is 4.42 Å². The Morgan fingerprint density at radius 1 is 1.38 bits per heavy atom. The predicted molar refractivity (Wildman–Crippen MR) is 84.8 cm³/mol. The van der Waals surface area contributed by atoms with Crippen LogP contribution in [0, 0.1) is 0 Å². The molecule has 0 bridgehead atoms. The molecule has 3 aromatic rings. The van der Waals surface area contributed by atoms with Gasteiger partial charge < -0.3 is 14.7 Å². The fourth-order valence-electron chi connectivity index (χ4n) is 2.22. The van der Waals surface area contributed by atoms with Crippen molar-refractivity contribution in [2.24, 2.45) is 0 Å². The molecular weight excluding hydrogens is 306 g/mol. The molecule has 1 unspecified atom stereocenters. The van der Waals surface area contributed by atoms with Crippen LogP contribution in [0.2, 0.25) is 4.34 Å². The second-order valence-electron chi connectivity index (χ2n) is 4.68. The number of aromatic amines is 1. The molecule has 2 N–H and O–H groups in total. The molecule has 0 aliphatic carbocycles. The van der Waals surface area contributed by atoms with E-state index in [-0.39, 0.29) is 6.04 Å². The van der Waals surface area contributed by atoms with Crippen LogP contribution in [0.1, 0.15) is 28.9 Å². The van der Waals surface area contributed by atoms with Crippen LogP contribution in [0.4, 0.5) is 0 Å². The summed E-state index contributed by atoms with van der Waals surface area (Å²) in [5, 5.41) is 3.53. The number of thiophene rings is 1. The summed E-state index contributed by atoms with van der Waals surface area (Å²) in [5.74, 6) is 1.93. The highest BCUT2D eigenvalue weighted by Crippen LogP contribution is 2.31. The normalized spacial score (nSPS) is 12.6. The van der Waals surface area contributed by atoms with E-state index in [9.17, 15) is 0 Å². The van der Waals surface area contributed by atoms with Crippen LogP contribution in [-0.4, -0.2) is 16.5 Å². The number of nitrogens with zero attached hydrogens (tertiary/aromatic N) is 1. The molecule has 3 aromatic heterocycles. The first-order chi connectivity index (χ1) is 10.3. The van der Waals surface area contributed by atoms with Crippen LogP contribution < -0.4 is 5.32 Å². The van der Waals surface area contributed by atoms with E-state index in [2.05, 4.69) is 15.3 Å². The summed E-state index contributed by atoms with van der Waals surface area (Å²) in [6.07, 6.45) is 7.26. The molecule has 21 heavy (non-hydrogen) atoms. The molecular formula is C15H16ClN3OS. The van der Waals surface area contributed by atoms with Gasteiger partial charge in [-0.2, -0.15) is 0 Å². The van der Waals surface area contributed by atoms with E-state index in [1.165, 1.54) is 0 Å².